The molecule has 0 saturated carbocycles. The highest BCUT2D eigenvalue weighted by Gasteiger charge is 2.20. The van der Waals surface area contributed by atoms with Crippen LogP contribution < -0.4 is 4.74 Å². The summed E-state index contributed by atoms with van der Waals surface area (Å²) in [4.78, 5) is 0. The van der Waals surface area contributed by atoms with Gasteiger partial charge in [-0.05, 0) is 55.2 Å². The Balaban J connectivity index is 1.56. The number of nitrogens with zero attached hydrogens (tertiary/aromatic N) is 1. The lowest BCUT2D eigenvalue weighted by Crippen LogP contribution is -2.10. The van der Waals surface area contributed by atoms with Crippen LogP contribution in [-0.4, -0.2) is 11.2 Å². The molecule has 4 rings (SSSR count). The molecule has 1 aliphatic carbocycles. The van der Waals surface area contributed by atoms with Crippen molar-refractivity contribution in [3.63, 3.8) is 0 Å². The number of rotatable bonds is 4. The minimum atomic E-state index is 0.673. The summed E-state index contributed by atoms with van der Waals surface area (Å²) in [7, 11) is 0. The van der Waals surface area contributed by atoms with Gasteiger partial charge in [0.1, 0.15) is 12.4 Å². The van der Waals surface area contributed by atoms with Gasteiger partial charge >= 0.3 is 0 Å². The number of aromatic nitrogens is 1. The number of benzene rings is 2. The molecule has 0 amide bonds. The van der Waals surface area contributed by atoms with Crippen LogP contribution in [0.15, 0.2) is 48.5 Å². The third-order valence-electron chi connectivity index (χ3n) is 4.43. The fourth-order valence-electron chi connectivity index (χ4n) is 3.47. The summed E-state index contributed by atoms with van der Waals surface area (Å²) < 4.78 is 8.30. The molecule has 22 heavy (non-hydrogen) atoms. The number of hydrogen-bond donors (Lipinski definition) is 0. The lowest BCUT2D eigenvalue weighted by molar-refractivity contribution is 0.299. The van der Waals surface area contributed by atoms with Gasteiger partial charge in [-0.15, -0.1) is 0 Å². The zero-order chi connectivity index (χ0) is 14.9. The molecular weight excluding hydrogens is 294 g/mol. The molecule has 0 aliphatic heterocycles. The fourth-order valence-corrected chi connectivity index (χ4v) is 3.59. The van der Waals surface area contributed by atoms with Gasteiger partial charge < -0.3 is 9.30 Å². The molecular formula is C19H18ClNO. The molecule has 112 valence electrons. The Hall–Kier alpha value is -1.93. The molecule has 0 spiro atoms. The van der Waals surface area contributed by atoms with Crippen LogP contribution >= 0.6 is 11.6 Å². The number of para-hydroxylation sites is 1. The first kappa shape index (κ1) is 13.7. The Morgan fingerprint density at radius 1 is 1.00 bits per heavy atom. The van der Waals surface area contributed by atoms with Crippen molar-refractivity contribution in [1.29, 1.82) is 0 Å². The Morgan fingerprint density at radius 2 is 1.82 bits per heavy atom. The SMILES string of the molecule is Clc1ccc(OCCn2c3c(c4ccccc42)CCC3)cc1. The van der Waals surface area contributed by atoms with E-state index in [0.717, 1.165) is 17.3 Å². The van der Waals surface area contributed by atoms with Crippen molar-refractivity contribution in [3.8, 4) is 5.75 Å². The van der Waals surface area contributed by atoms with Gasteiger partial charge in [-0.2, -0.15) is 0 Å². The first-order valence-electron chi connectivity index (χ1n) is 7.80. The van der Waals surface area contributed by atoms with Crippen molar-refractivity contribution in [1.82, 2.24) is 4.57 Å². The number of halogens is 1. The Morgan fingerprint density at radius 3 is 2.68 bits per heavy atom. The van der Waals surface area contributed by atoms with Crippen LogP contribution in [0.25, 0.3) is 10.9 Å². The largest absolute Gasteiger partial charge is 0.492 e. The molecule has 1 aromatic heterocycles. The third-order valence-corrected chi connectivity index (χ3v) is 4.68. The van der Waals surface area contributed by atoms with Crippen LogP contribution in [-0.2, 0) is 19.4 Å². The highest BCUT2D eigenvalue weighted by atomic mass is 35.5. The molecule has 0 unspecified atom stereocenters. The summed E-state index contributed by atoms with van der Waals surface area (Å²) in [6.07, 6.45) is 3.67. The summed E-state index contributed by atoms with van der Waals surface area (Å²) >= 11 is 5.90. The zero-order valence-corrected chi connectivity index (χ0v) is 13.1. The van der Waals surface area contributed by atoms with Crippen molar-refractivity contribution in [2.75, 3.05) is 6.61 Å². The van der Waals surface area contributed by atoms with Crippen LogP contribution in [0.2, 0.25) is 5.02 Å². The summed E-state index contributed by atoms with van der Waals surface area (Å²) in [6.45, 7) is 1.56. The van der Waals surface area contributed by atoms with Gasteiger partial charge in [0.25, 0.3) is 0 Å². The van der Waals surface area contributed by atoms with E-state index in [4.69, 9.17) is 16.3 Å². The van der Waals surface area contributed by atoms with Gasteiger partial charge in [0.05, 0.1) is 6.54 Å². The molecule has 3 heteroatoms. The predicted molar refractivity (Wildman–Crippen MR) is 90.9 cm³/mol. The molecule has 1 aliphatic rings. The predicted octanol–water partition coefficient (Wildman–Crippen LogP) is 4.86. The molecule has 0 saturated heterocycles. The molecule has 2 nitrogen and oxygen atoms in total. The molecule has 0 fully saturated rings. The maximum Gasteiger partial charge on any atom is 0.119 e. The quantitative estimate of drug-likeness (QED) is 0.671. The van der Waals surface area contributed by atoms with Crippen LogP contribution in [0.1, 0.15) is 17.7 Å². The standard InChI is InChI=1S/C19H18ClNO/c20-14-8-10-15(11-9-14)22-13-12-21-18-6-2-1-4-16(18)17-5-3-7-19(17)21/h1-2,4,6,8-11H,3,5,7,12-13H2. The first-order valence-corrected chi connectivity index (χ1v) is 8.18. The van der Waals surface area contributed by atoms with Gasteiger partial charge in [0.2, 0.25) is 0 Å². The summed E-state index contributed by atoms with van der Waals surface area (Å²) in [6, 6.07) is 16.3. The second kappa shape index (κ2) is 5.69. The molecule has 1 heterocycles. The third kappa shape index (κ3) is 2.38. The highest BCUT2D eigenvalue weighted by molar-refractivity contribution is 6.30. The second-order valence-corrected chi connectivity index (χ2v) is 6.19. The van der Waals surface area contributed by atoms with Gasteiger partial charge in [-0.1, -0.05) is 29.8 Å². The first-order chi connectivity index (χ1) is 10.8. The number of fused-ring (bicyclic) bond motifs is 3. The van der Waals surface area contributed by atoms with Crippen LogP contribution in [0, 0.1) is 0 Å². The normalized spacial score (nSPS) is 13.5. The van der Waals surface area contributed by atoms with E-state index in [1.807, 2.05) is 24.3 Å². The van der Waals surface area contributed by atoms with Gasteiger partial charge in [-0.25, -0.2) is 0 Å². The molecule has 0 radical (unpaired) electrons. The van der Waals surface area contributed by atoms with Gasteiger partial charge in [-0.3, -0.25) is 0 Å². The maximum absolute atomic E-state index is 5.90. The lowest BCUT2D eigenvalue weighted by Gasteiger charge is -2.11. The Kier molecular flexibility index (Phi) is 3.55. The van der Waals surface area contributed by atoms with Crippen molar-refractivity contribution in [2.24, 2.45) is 0 Å². The van der Waals surface area contributed by atoms with E-state index in [9.17, 15) is 0 Å². The molecule has 0 bridgehead atoms. The zero-order valence-electron chi connectivity index (χ0n) is 12.4. The molecule has 2 aromatic carbocycles. The van der Waals surface area contributed by atoms with E-state index in [1.165, 1.54) is 35.9 Å². The second-order valence-electron chi connectivity index (χ2n) is 5.75. The van der Waals surface area contributed by atoms with Crippen molar-refractivity contribution in [2.45, 2.75) is 25.8 Å². The van der Waals surface area contributed by atoms with E-state index in [2.05, 4.69) is 28.8 Å². The minimum Gasteiger partial charge on any atom is -0.492 e. The topological polar surface area (TPSA) is 14.2 Å². The summed E-state index contributed by atoms with van der Waals surface area (Å²) in [5, 5.41) is 2.16. The smallest absolute Gasteiger partial charge is 0.119 e. The average molecular weight is 312 g/mol. The average Bonchev–Trinajstić information content (AvgIpc) is 3.12. The molecule has 0 atom stereocenters. The van der Waals surface area contributed by atoms with Crippen LogP contribution in [0.4, 0.5) is 0 Å². The number of hydrogen-bond acceptors (Lipinski definition) is 1. The fraction of sp³-hybridized carbons (Fsp3) is 0.263. The Labute approximate surface area is 135 Å². The maximum atomic E-state index is 5.90. The minimum absolute atomic E-state index is 0.673. The highest BCUT2D eigenvalue weighted by Crippen LogP contribution is 2.32. The summed E-state index contributed by atoms with van der Waals surface area (Å²) in [5.74, 6) is 0.873. The van der Waals surface area contributed by atoms with E-state index in [0.29, 0.717) is 6.61 Å². The van der Waals surface area contributed by atoms with Crippen LogP contribution in [0.5, 0.6) is 5.75 Å². The van der Waals surface area contributed by atoms with Crippen molar-refractivity contribution >= 4 is 22.5 Å². The Bertz CT molecular complexity index is 804. The number of aryl methyl sites for hydroxylation is 1. The molecule has 0 N–H and O–H groups in total. The van der Waals surface area contributed by atoms with Crippen molar-refractivity contribution in [3.05, 3.63) is 64.8 Å². The van der Waals surface area contributed by atoms with E-state index in [1.54, 1.807) is 5.56 Å². The van der Waals surface area contributed by atoms with E-state index in [-0.39, 0.29) is 0 Å². The lowest BCUT2D eigenvalue weighted by atomic mass is 10.1. The van der Waals surface area contributed by atoms with E-state index >= 15 is 0 Å². The van der Waals surface area contributed by atoms with Crippen LogP contribution in [0.3, 0.4) is 0 Å². The molecule has 3 aromatic rings. The van der Waals surface area contributed by atoms with Gasteiger partial charge in [0.15, 0.2) is 0 Å². The monoisotopic (exact) mass is 311 g/mol. The van der Waals surface area contributed by atoms with E-state index < -0.39 is 0 Å². The van der Waals surface area contributed by atoms with Gasteiger partial charge in [0, 0.05) is 21.6 Å². The summed E-state index contributed by atoms with van der Waals surface area (Å²) in [5.41, 5.74) is 4.38. The van der Waals surface area contributed by atoms with Crippen molar-refractivity contribution < 1.29 is 4.74 Å². The number of ether oxygens (including phenoxy) is 1.